The van der Waals surface area contributed by atoms with Crippen molar-refractivity contribution in [2.45, 2.75) is 6.42 Å². The van der Waals surface area contributed by atoms with E-state index in [4.69, 9.17) is 4.74 Å². The van der Waals surface area contributed by atoms with Gasteiger partial charge in [-0.25, -0.2) is 9.69 Å². The van der Waals surface area contributed by atoms with E-state index in [1.165, 1.54) is 11.0 Å². The number of Topliss-reactive ketones (excluding diaryl/α,β-unsaturated/α-hetero) is 1. The predicted molar refractivity (Wildman–Crippen MR) is 140 cm³/mol. The quantitative estimate of drug-likeness (QED) is 0.206. The molecule has 1 aliphatic heterocycles. The van der Waals surface area contributed by atoms with E-state index in [1.54, 1.807) is 30.3 Å². The molecule has 0 aromatic heterocycles. The number of carbonyl (C=O) groups excluding carboxylic acids is 4. The van der Waals surface area contributed by atoms with Crippen LogP contribution in [-0.2, 0) is 14.3 Å². The van der Waals surface area contributed by atoms with Gasteiger partial charge >= 0.3 is 5.97 Å². The Morgan fingerprint density at radius 2 is 1.32 bits per heavy atom. The molecule has 0 unspecified atom stereocenters. The van der Waals surface area contributed by atoms with Crippen molar-refractivity contribution in [3.63, 3.8) is 0 Å². The van der Waals surface area contributed by atoms with Gasteiger partial charge in [-0.2, -0.15) is 0 Å². The van der Waals surface area contributed by atoms with Gasteiger partial charge in [0, 0.05) is 5.56 Å². The molecular weight excluding hydrogens is 478 g/mol. The highest BCUT2D eigenvalue weighted by atomic mass is 16.5. The third-order valence-electron chi connectivity index (χ3n) is 8.68. The van der Waals surface area contributed by atoms with Crippen LogP contribution in [0.4, 0.5) is 5.69 Å². The number of benzene rings is 3. The van der Waals surface area contributed by atoms with Crippen LogP contribution in [0.5, 0.6) is 0 Å². The lowest BCUT2D eigenvalue weighted by Crippen LogP contribution is -2.40. The van der Waals surface area contributed by atoms with Gasteiger partial charge in [0.1, 0.15) is 0 Å². The molecule has 4 aliphatic carbocycles. The molecule has 5 aliphatic rings. The molecule has 3 fully saturated rings. The number of ketones is 1. The second-order valence-corrected chi connectivity index (χ2v) is 10.6. The third-order valence-corrected chi connectivity index (χ3v) is 8.68. The summed E-state index contributed by atoms with van der Waals surface area (Å²) in [6, 6.07) is 23.4. The highest BCUT2D eigenvalue weighted by Crippen LogP contribution is 2.65. The minimum atomic E-state index is -0.741. The fourth-order valence-electron chi connectivity index (χ4n) is 6.81. The fourth-order valence-corrected chi connectivity index (χ4v) is 6.81. The molecule has 188 valence electrons. The van der Waals surface area contributed by atoms with Crippen molar-refractivity contribution < 1.29 is 23.9 Å². The zero-order valence-electron chi connectivity index (χ0n) is 20.5. The molecule has 1 saturated heterocycles. The zero-order valence-corrected chi connectivity index (χ0v) is 20.5. The summed E-state index contributed by atoms with van der Waals surface area (Å²) in [5.74, 6) is -1.07. The lowest BCUT2D eigenvalue weighted by atomic mass is 9.63. The smallest absolute Gasteiger partial charge is 0.340 e. The summed E-state index contributed by atoms with van der Waals surface area (Å²) in [5, 5.41) is 0. The maximum atomic E-state index is 13.5. The summed E-state index contributed by atoms with van der Waals surface area (Å²) in [6.07, 6.45) is 5.32. The van der Waals surface area contributed by atoms with Gasteiger partial charge in [0.2, 0.25) is 11.8 Å². The van der Waals surface area contributed by atoms with E-state index < -0.39 is 12.6 Å². The largest absolute Gasteiger partial charge is 0.454 e. The third kappa shape index (κ3) is 3.47. The fraction of sp³-hybridized carbons (Fsp3) is 0.250. The van der Waals surface area contributed by atoms with Crippen LogP contribution >= 0.6 is 0 Å². The van der Waals surface area contributed by atoms with E-state index in [-0.39, 0.29) is 52.5 Å². The number of hydrogen-bond donors (Lipinski definition) is 0. The molecule has 3 aromatic carbocycles. The Balaban J connectivity index is 1.07. The SMILES string of the molecule is O=C(COC(=O)c1ccccc1N1C(=O)[C@@H]2[C@@H]3C=C[C@H]([C@H]4C[C@H]34)[C@H]2C1=O)c1ccc(-c2ccccc2)cc1. The molecule has 38 heavy (non-hydrogen) atoms. The minimum absolute atomic E-state index is 0.0986. The second-order valence-electron chi connectivity index (χ2n) is 10.6. The van der Waals surface area contributed by atoms with Gasteiger partial charge in [-0.05, 0) is 53.4 Å². The van der Waals surface area contributed by atoms with E-state index in [2.05, 4.69) is 12.2 Å². The Hall–Kier alpha value is -4.32. The maximum Gasteiger partial charge on any atom is 0.340 e. The Morgan fingerprint density at radius 3 is 1.97 bits per heavy atom. The standard InChI is InChI=1S/C32H25NO5/c34-27(20-12-10-19(11-13-20)18-6-2-1-3-7-18)17-38-32(37)23-8-4-5-9-26(23)33-30(35)28-21-14-15-22(25-16-24(21)25)29(28)31(33)36/h1-15,21-22,24-25,28-29H,16-17H2/t21-,22-,24-,25-,28-,29-/m1/s1. The molecule has 2 bridgehead atoms. The van der Waals surface area contributed by atoms with Gasteiger partial charge in [-0.3, -0.25) is 14.4 Å². The molecule has 0 radical (unpaired) electrons. The summed E-state index contributed by atoms with van der Waals surface area (Å²) >= 11 is 0. The monoisotopic (exact) mass is 503 g/mol. The van der Waals surface area contributed by atoms with Crippen molar-refractivity contribution in [1.29, 1.82) is 0 Å². The average Bonchev–Trinajstić information content (AvgIpc) is 3.75. The molecule has 6 nitrogen and oxygen atoms in total. The number of nitrogens with zero attached hydrogens (tertiary/aromatic N) is 1. The Bertz CT molecular complexity index is 1470. The summed E-state index contributed by atoms with van der Waals surface area (Å²) in [6.45, 7) is -0.442. The second kappa shape index (κ2) is 8.62. The number of para-hydroxylation sites is 1. The highest BCUT2D eigenvalue weighted by molar-refractivity contribution is 6.24. The van der Waals surface area contributed by atoms with Crippen molar-refractivity contribution in [3.05, 3.63) is 102 Å². The summed E-state index contributed by atoms with van der Waals surface area (Å²) in [7, 11) is 0. The molecule has 6 heteroatoms. The Kier molecular flexibility index (Phi) is 5.18. The zero-order chi connectivity index (χ0) is 26.0. The van der Waals surface area contributed by atoms with Gasteiger partial charge in [0.25, 0.3) is 0 Å². The van der Waals surface area contributed by atoms with Crippen molar-refractivity contribution in [2.75, 3.05) is 11.5 Å². The molecule has 2 amide bonds. The predicted octanol–water partition coefficient (Wildman–Crippen LogP) is 4.95. The Morgan fingerprint density at radius 1 is 0.737 bits per heavy atom. The first-order valence-electron chi connectivity index (χ1n) is 13.0. The van der Waals surface area contributed by atoms with Crippen LogP contribution in [0.15, 0.2) is 91.0 Å². The molecule has 1 heterocycles. The van der Waals surface area contributed by atoms with Gasteiger partial charge in [0.05, 0.1) is 23.1 Å². The summed E-state index contributed by atoms with van der Waals surface area (Å²) in [5.41, 5.74) is 2.79. The minimum Gasteiger partial charge on any atom is -0.454 e. The van der Waals surface area contributed by atoms with Gasteiger partial charge in [0.15, 0.2) is 12.4 Å². The van der Waals surface area contributed by atoms with E-state index >= 15 is 0 Å². The number of allylic oxidation sites excluding steroid dienone is 2. The Labute approximate surface area is 219 Å². The van der Waals surface area contributed by atoms with E-state index in [0.29, 0.717) is 17.4 Å². The molecule has 3 aromatic rings. The van der Waals surface area contributed by atoms with Crippen LogP contribution in [-0.4, -0.2) is 30.2 Å². The summed E-state index contributed by atoms with van der Waals surface area (Å²) < 4.78 is 5.38. The number of imide groups is 1. The normalized spacial score (nSPS) is 28.2. The highest BCUT2D eigenvalue weighted by Gasteiger charge is 2.67. The maximum absolute atomic E-state index is 13.5. The van der Waals surface area contributed by atoms with Crippen LogP contribution in [0.25, 0.3) is 11.1 Å². The van der Waals surface area contributed by atoms with Gasteiger partial charge in [-0.1, -0.05) is 78.9 Å². The first-order chi connectivity index (χ1) is 18.5. The van der Waals surface area contributed by atoms with Crippen molar-refractivity contribution in [1.82, 2.24) is 0 Å². The van der Waals surface area contributed by atoms with Crippen LogP contribution in [0, 0.1) is 35.5 Å². The molecule has 0 spiro atoms. The van der Waals surface area contributed by atoms with E-state index in [1.807, 2.05) is 42.5 Å². The number of carbonyl (C=O) groups is 4. The molecule has 0 N–H and O–H groups in total. The van der Waals surface area contributed by atoms with Gasteiger partial charge in [-0.15, -0.1) is 0 Å². The van der Waals surface area contributed by atoms with Gasteiger partial charge < -0.3 is 4.74 Å². The van der Waals surface area contributed by atoms with Crippen LogP contribution in [0.3, 0.4) is 0 Å². The summed E-state index contributed by atoms with van der Waals surface area (Å²) in [4.78, 5) is 54.1. The van der Waals surface area contributed by atoms with Crippen LogP contribution < -0.4 is 4.90 Å². The van der Waals surface area contributed by atoms with Crippen LogP contribution in [0.2, 0.25) is 0 Å². The average molecular weight is 504 g/mol. The molecule has 6 atom stereocenters. The number of anilines is 1. The molecular formula is C32H25NO5. The van der Waals surface area contributed by atoms with Crippen molar-refractivity contribution in [2.24, 2.45) is 35.5 Å². The number of rotatable bonds is 6. The van der Waals surface area contributed by atoms with Crippen LogP contribution in [0.1, 0.15) is 27.1 Å². The molecule has 8 rings (SSSR count). The first-order valence-corrected chi connectivity index (χ1v) is 13.0. The van der Waals surface area contributed by atoms with E-state index in [0.717, 1.165) is 17.5 Å². The number of hydrogen-bond acceptors (Lipinski definition) is 5. The molecule has 2 saturated carbocycles. The van der Waals surface area contributed by atoms with Crippen molar-refractivity contribution >= 4 is 29.3 Å². The van der Waals surface area contributed by atoms with Crippen molar-refractivity contribution in [3.8, 4) is 11.1 Å². The lowest BCUT2D eigenvalue weighted by molar-refractivity contribution is -0.124. The lowest BCUT2D eigenvalue weighted by Gasteiger charge is -2.37. The topological polar surface area (TPSA) is 80.8 Å². The van der Waals surface area contributed by atoms with E-state index in [9.17, 15) is 19.2 Å². The number of ether oxygens (including phenoxy) is 1. The number of amides is 2. The first kappa shape index (κ1) is 22.8. The number of esters is 1.